The minimum Gasteiger partial charge on any atom is -0.411 e. The van der Waals surface area contributed by atoms with E-state index in [0.717, 1.165) is 38.0 Å². The Kier molecular flexibility index (Phi) is 5.89. The molecule has 0 saturated heterocycles. The number of benzene rings is 1. The molecule has 0 radical (unpaired) electrons. The third-order valence-electron chi connectivity index (χ3n) is 3.79. The zero-order valence-electron chi connectivity index (χ0n) is 11.4. The van der Waals surface area contributed by atoms with Gasteiger partial charge in [-0.1, -0.05) is 41.9 Å². The second-order valence-electron chi connectivity index (χ2n) is 5.21. The summed E-state index contributed by atoms with van der Waals surface area (Å²) in [5.41, 5.74) is 2.21. The molecule has 1 aromatic rings. The molecule has 3 nitrogen and oxygen atoms in total. The van der Waals surface area contributed by atoms with E-state index >= 15 is 0 Å². The molecule has 2 rings (SSSR count). The molecule has 0 heterocycles. The Hall–Kier alpha value is -1.35. The highest BCUT2D eigenvalue weighted by Gasteiger charge is 2.20. The van der Waals surface area contributed by atoms with Crippen LogP contribution in [0.3, 0.4) is 0 Å². The van der Waals surface area contributed by atoms with Gasteiger partial charge in [-0.15, -0.1) is 0 Å². The normalized spacial score (nSPS) is 21.7. The first-order valence-corrected chi connectivity index (χ1v) is 7.22. The van der Waals surface area contributed by atoms with Crippen LogP contribution in [0.2, 0.25) is 0 Å². The van der Waals surface area contributed by atoms with E-state index in [0.29, 0.717) is 12.5 Å². The van der Waals surface area contributed by atoms with E-state index in [2.05, 4.69) is 17.3 Å². The lowest BCUT2D eigenvalue weighted by molar-refractivity contribution is 0.115. The summed E-state index contributed by atoms with van der Waals surface area (Å²) in [7, 11) is 0. The van der Waals surface area contributed by atoms with Crippen LogP contribution < -0.4 is 0 Å². The Bertz CT molecular complexity index is 389. The number of oxime groups is 1. The van der Waals surface area contributed by atoms with Gasteiger partial charge in [0.25, 0.3) is 0 Å². The fraction of sp³-hybridized carbons (Fsp3) is 0.562. The Labute approximate surface area is 115 Å². The topological polar surface area (TPSA) is 41.8 Å². The molecule has 19 heavy (non-hydrogen) atoms. The summed E-state index contributed by atoms with van der Waals surface area (Å²) in [6, 6.07) is 10.2. The highest BCUT2D eigenvalue weighted by molar-refractivity contribution is 5.86. The zero-order valence-corrected chi connectivity index (χ0v) is 11.4. The van der Waals surface area contributed by atoms with Crippen molar-refractivity contribution >= 4 is 5.71 Å². The first kappa shape index (κ1) is 14.1. The van der Waals surface area contributed by atoms with Crippen molar-refractivity contribution in [2.45, 2.75) is 45.1 Å². The predicted octanol–water partition coefficient (Wildman–Crippen LogP) is 4.00. The summed E-state index contributed by atoms with van der Waals surface area (Å²) in [5.74, 6) is 0.471. The van der Waals surface area contributed by atoms with E-state index in [1.54, 1.807) is 0 Å². The second-order valence-corrected chi connectivity index (χ2v) is 5.21. The molecule has 3 heteroatoms. The van der Waals surface area contributed by atoms with Crippen molar-refractivity contribution in [3.8, 4) is 0 Å². The molecule has 1 aliphatic rings. The average molecular weight is 261 g/mol. The number of nitrogens with zero attached hydrogens (tertiary/aromatic N) is 1. The molecular formula is C16H23NO2. The summed E-state index contributed by atoms with van der Waals surface area (Å²) in [6.45, 7) is 1.47. The van der Waals surface area contributed by atoms with Crippen molar-refractivity contribution in [3.05, 3.63) is 35.9 Å². The van der Waals surface area contributed by atoms with Gasteiger partial charge < -0.3 is 9.94 Å². The van der Waals surface area contributed by atoms with Crippen LogP contribution >= 0.6 is 0 Å². The predicted molar refractivity (Wildman–Crippen MR) is 76.5 cm³/mol. The lowest BCUT2D eigenvalue weighted by atomic mass is 9.84. The van der Waals surface area contributed by atoms with Gasteiger partial charge >= 0.3 is 0 Å². The number of ether oxygens (including phenoxy) is 1. The SMILES string of the molecule is ON=C1CCCCC1CCCOCc1ccccc1. The third kappa shape index (κ3) is 4.67. The molecule has 0 amide bonds. The van der Waals surface area contributed by atoms with Gasteiger partial charge in [-0.3, -0.25) is 0 Å². The minimum atomic E-state index is 0.471. The Balaban J connectivity index is 1.61. The van der Waals surface area contributed by atoms with Crippen LogP contribution in [0.15, 0.2) is 35.5 Å². The first-order chi connectivity index (χ1) is 9.40. The van der Waals surface area contributed by atoms with Gasteiger partial charge in [-0.2, -0.15) is 0 Å². The lowest BCUT2D eigenvalue weighted by Gasteiger charge is -2.22. The molecule has 1 aliphatic carbocycles. The van der Waals surface area contributed by atoms with Gasteiger partial charge in [-0.25, -0.2) is 0 Å². The molecule has 0 bridgehead atoms. The smallest absolute Gasteiger partial charge is 0.0716 e. The number of hydrogen-bond donors (Lipinski definition) is 1. The number of rotatable bonds is 6. The van der Waals surface area contributed by atoms with Crippen molar-refractivity contribution < 1.29 is 9.94 Å². The van der Waals surface area contributed by atoms with Gasteiger partial charge in [-0.05, 0) is 37.7 Å². The average Bonchev–Trinajstić information content (AvgIpc) is 2.48. The quantitative estimate of drug-likeness (QED) is 0.477. The fourth-order valence-corrected chi connectivity index (χ4v) is 2.71. The van der Waals surface area contributed by atoms with Crippen molar-refractivity contribution in [1.29, 1.82) is 0 Å². The molecule has 1 saturated carbocycles. The summed E-state index contributed by atoms with van der Waals surface area (Å²) in [6.07, 6.45) is 6.67. The van der Waals surface area contributed by atoms with Crippen molar-refractivity contribution in [1.82, 2.24) is 0 Å². The Morgan fingerprint density at radius 3 is 2.84 bits per heavy atom. The molecule has 0 aliphatic heterocycles. The van der Waals surface area contributed by atoms with Crippen LogP contribution in [0.5, 0.6) is 0 Å². The van der Waals surface area contributed by atoms with Crippen LogP contribution in [0.4, 0.5) is 0 Å². The molecule has 0 aromatic heterocycles. The highest BCUT2D eigenvalue weighted by Crippen LogP contribution is 2.25. The molecule has 1 fully saturated rings. The van der Waals surface area contributed by atoms with Crippen LogP contribution in [0.25, 0.3) is 0 Å². The van der Waals surface area contributed by atoms with E-state index in [1.807, 2.05) is 18.2 Å². The zero-order chi connectivity index (χ0) is 13.3. The summed E-state index contributed by atoms with van der Waals surface area (Å²) in [4.78, 5) is 0. The largest absolute Gasteiger partial charge is 0.411 e. The molecule has 1 atom stereocenters. The fourth-order valence-electron chi connectivity index (χ4n) is 2.71. The minimum absolute atomic E-state index is 0.471. The van der Waals surface area contributed by atoms with Crippen molar-refractivity contribution in [2.24, 2.45) is 11.1 Å². The van der Waals surface area contributed by atoms with E-state index in [4.69, 9.17) is 9.94 Å². The van der Waals surface area contributed by atoms with E-state index in [9.17, 15) is 0 Å². The maximum atomic E-state index is 8.97. The van der Waals surface area contributed by atoms with Crippen molar-refractivity contribution in [3.63, 3.8) is 0 Å². The Morgan fingerprint density at radius 2 is 2.05 bits per heavy atom. The molecular weight excluding hydrogens is 238 g/mol. The monoisotopic (exact) mass is 261 g/mol. The van der Waals surface area contributed by atoms with E-state index in [1.165, 1.54) is 18.4 Å². The maximum absolute atomic E-state index is 8.97. The molecule has 104 valence electrons. The van der Waals surface area contributed by atoms with Crippen LogP contribution in [-0.4, -0.2) is 17.5 Å². The van der Waals surface area contributed by atoms with Gasteiger partial charge in [0, 0.05) is 12.5 Å². The Morgan fingerprint density at radius 1 is 1.21 bits per heavy atom. The molecule has 0 spiro atoms. The second kappa shape index (κ2) is 7.95. The molecule has 1 unspecified atom stereocenters. The summed E-state index contributed by atoms with van der Waals surface area (Å²) in [5, 5.41) is 12.4. The van der Waals surface area contributed by atoms with Crippen LogP contribution in [0.1, 0.15) is 44.1 Å². The first-order valence-electron chi connectivity index (χ1n) is 7.22. The standard InChI is InChI=1S/C16H23NO2/c18-17-16-11-5-4-9-15(16)10-6-12-19-13-14-7-2-1-3-8-14/h1-3,7-8,15,18H,4-6,9-13H2. The van der Waals surface area contributed by atoms with Crippen LogP contribution in [0, 0.1) is 5.92 Å². The van der Waals surface area contributed by atoms with Gasteiger partial charge in [0.2, 0.25) is 0 Å². The number of hydrogen-bond acceptors (Lipinski definition) is 3. The van der Waals surface area contributed by atoms with Crippen molar-refractivity contribution in [2.75, 3.05) is 6.61 Å². The van der Waals surface area contributed by atoms with Crippen LogP contribution in [-0.2, 0) is 11.3 Å². The van der Waals surface area contributed by atoms with Gasteiger partial charge in [0.1, 0.15) is 0 Å². The maximum Gasteiger partial charge on any atom is 0.0716 e. The lowest BCUT2D eigenvalue weighted by Crippen LogP contribution is -2.19. The molecule has 1 N–H and O–H groups in total. The summed E-state index contributed by atoms with van der Waals surface area (Å²) < 4.78 is 5.68. The van der Waals surface area contributed by atoms with E-state index in [-0.39, 0.29) is 0 Å². The molecule has 1 aromatic carbocycles. The highest BCUT2D eigenvalue weighted by atomic mass is 16.5. The third-order valence-corrected chi connectivity index (χ3v) is 3.79. The van der Waals surface area contributed by atoms with Gasteiger partial charge in [0.05, 0.1) is 12.3 Å². The van der Waals surface area contributed by atoms with E-state index < -0.39 is 0 Å². The van der Waals surface area contributed by atoms with Gasteiger partial charge in [0.15, 0.2) is 0 Å². The summed E-state index contributed by atoms with van der Waals surface area (Å²) >= 11 is 0.